The highest BCUT2D eigenvalue weighted by atomic mass is 16.6. The van der Waals surface area contributed by atoms with Crippen molar-refractivity contribution in [2.45, 2.75) is 19.4 Å². The molecule has 0 saturated carbocycles. The zero-order valence-corrected chi connectivity index (χ0v) is 11.8. The number of benzene rings is 1. The third-order valence-electron chi connectivity index (χ3n) is 3.34. The van der Waals surface area contributed by atoms with Crippen molar-refractivity contribution >= 4 is 17.1 Å². The summed E-state index contributed by atoms with van der Waals surface area (Å²) in [7, 11) is 0. The molecule has 6 heteroatoms. The van der Waals surface area contributed by atoms with Crippen LogP contribution in [0.15, 0.2) is 42.7 Å². The molecule has 0 spiro atoms. The summed E-state index contributed by atoms with van der Waals surface area (Å²) in [6.45, 7) is 4.59. The average Bonchev–Trinajstić information content (AvgIpc) is 2.46. The standard InChI is InChI=1S/C15H15N3O3/c1-15(2)10-17(11-5-7-16-8-6-11)13-9-12(18(19)20)3-4-14(13)21-15/h3-9H,10H2,1-2H3. The fourth-order valence-electron chi connectivity index (χ4n) is 2.47. The number of aromatic nitrogens is 1. The van der Waals surface area contributed by atoms with Gasteiger partial charge in [-0.1, -0.05) is 0 Å². The first kappa shape index (κ1) is 13.4. The summed E-state index contributed by atoms with van der Waals surface area (Å²) in [5.74, 6) is 0.647. The van der Waals surface area contributed by atoms with Crippen molar-refractivity contribution in [2.75, 3.05) is 11.4 Å². The van der Waals surface area contributed by atoms with Gasteiger partial charge in [0, 0.05) is 30.2 Å². The van der Waals surface area contributed by atoms with Crippen LogP contribution in [0.25, 0.3) is 0 Å². The van der Waals surface area contributed by atoms with Gasteiger partial charge in [-0.25, -0.2) is 0 Å². The number of fused-ring (bicyclic) bond motifs is 1. The fourth-order valence-corrected chi connectivity index (χ4v) is 2.47. The third kappa shape index (κ3) is 2.52. The number of nitro benzene ring substituents is 1. The van der Waals surface area contributed by atoms with E-state index in [-0.39, 0.29) is 11.3 Å². The molecule has 1 aromatic carbocycles. The largest absolute Gasteiger partial charge is 0.484 e. The lowest BCUT2D eigenvalue weighted by Gasteiger charge is -2.40. The summed E-state index contributed by atoms with van der Waals surface area (Å²) in [4.78, 5) is 16.6. The summed E-state index contributed by atoms with van der Waals surface area (Å²) in [5, 5.41) is 11.0. The summed E-state index contributed by atoms with van der Waals surface area (Å²) in [5.41, 5.74) is 1.31. The van der Waals surface area contributed by atoms with Gasteiger partial charge < -0.3 is 9.64 Å². The minimum absolute atomic E-state index is 0.0520. The molecule has 0 atom stereocenters. The molecule has 0 N–H and O–H groups in total. The lowest BCUT2D eigenvalue weighted by molar-refractivity contribution is -0.384. The highest BCUT2D eigenvalue weighted by Crippen LogP contribution is 2.42. The second-order valence-corrected chi connectivity index (χ2v) is 5.56. The molecule has 0 bridgehead atoms. The Morgan fingerprint density at radius 1 is 1.29 bits per heavy atom. The monoisotopic (exact) mass is 285 g/mol. The van der Waals surface area contributed by atoms with E-state index < -0.39 is 4.92 Å². The van der Waals surface area contributed by atoms with E-state index in [0.717, 1.165) is 5.69 Å². The van der Waals surface area contributed by atoms with E-state index in [1.54, 1.807) is 24.5 Å². The molecule has 0 unspecified atom stereocenters. The number of non-ortho nitro benzene ring substituents is 1. The maximum atomic E-state index is 11.0. The van der Waals surface area contributed by atoms with Crippen molar-refractivity contribution < 1.29 is 9.66 Å². The van der Waals surface area contributed by atoms with E-state index in [4.69, 9.17) is 4.74 Å². The van der Waals surface area contributed by atoms with Gasteiger partial charge in [-0.15, -0.1) is 0 Å². The van der Waals surface area contributed by atoms with Crippen LogP contribution in [0.1, 0.15) is 13.8 Å². The molecule has 108 valence electrons. The quantitative estimate of drug-likeness (QED) is 0.625. The molecule has 6 nitrogen and oxygen atoms in total. The number of rotatable bonds is 2. The van der Waals surface area contributed by atoms with Gasteiger partial charge in [0.05, 0.1) is 17.2 Å². The van der Waals surface area contributed by atoms with Crippen LogP contribution in [-0.4, -0.2) is 22.1 Å². The van der Waals surface area contributed by atoms with Crippen LogP contribution in [0.3, 0.4) is 0 Å². The van der Waals surface area contributed by atoms with Gasteiger partial charge in [-0.3, -0.25) is 15.1 Å². The van der Waals surface area contributed by atoms with Crippen LogP contribution in [0.4, 0.5) is 17.1 Å². The summed E-state index contributed by atoms with van der Waals surface area (Å²) in [6.07, 6.45) is 3.41. The third-order valence-corrected chi connectivity index (χ3v) is 3.34. The van der Waals surface area contributed by atoms with Crippen LogP contribution < -0.4 is 9.64 Å². The van der Waals surface area contributed by atoms with E-state index >= 15 is 0 Å². The Morgan fingerprint density at radius 2 is 2.00 bits per heavy atom. The van der Waals surface area contributed by atoms with E-state index in [1.807, 2.05) is 30.9 Å². The Balaban J connectivity index is 2.13. The van der Waals surface area contributed by atoms with Crippen LogP contribution in [0, 0.1) is 10.1 Å². The summed E-state index contributed by atoms with van der Waals surface area (Å²) < 4.78 is 5.93. The van der Waals surface area contributed by atoms with E-state index in [2.05, 4.69) is 4.98 Å². The zero-order valence-electron chi connectivity index (χ0n) is 11.8. The molecule has 21 heavy (non-hydrogen) atoms. The predicted molar refractivity (Wildman–Crippen MR) is 79.0 cm³/mol. The van der Waals surface area contributed by atoms with E-state index in [1.165, 1.54) is 6.07 Å². The van der Waals surface area contributed by atoms with Crippen LogP contribution in [-0.2, 0) is 0 Å². The molecule has 0 radical (unpaired) electrons. The predicted octanol–water partition coefficient (Wildman–Crippen LogP) is 3.30. The Morgan fingerprint density at radius 3 is 2.67 bits per heavy atom. The first-order chi connectivity index (χ1) is 9.96. The number of ether oxygens (including phenoxy) is 1. The maximum Gasteiger partial charge on any atom is 0.271 e. The van der Waals surface area contributed by atoms with Crippen LogP contribution in [0.2, 0.25) is 0 Å². The average molecular weight is 285 g/mol. The SMILES string of the molecule is CC1(C)CN(c2ccncc2)c2cc([N+](=O)[O-])ccc2O1. The molecule has 2 aromatic rings. The first-order valence-electron chi connectivity index (χ1n) is 6.61. The second-order valence-electron chi connectivity index (χ2n) is 5.56. The Bertz CT molecular complexity index is 686. The summed E-state index contributed by atoms with van der Waals surface area (Å²) in [6, 6.07) is 8.42. The smallest absolute Gasteiger partial charge is 0.271 e. The highest BCUT2D eigenvalue weighted by molar-refractivity contribution is 5.73. The van der Waals surface area contributed by atoms with Crippen molar-refractivity contribution in [1.82, 2.24) is 4.98 Å². The molecule has 0 fully saturated rings. The Kier molecular flexibility index (Phi) is 3.01. The van der Waals surface area contributed by atoms with Crippen molar-refractivity contribution in [3.8, 4) is 5.75 Å². The first-order valence-corrected chi connectivity index (χ1v) is 6.61. The number of nitro groups is 1. The minimum Gasteiger partial charge on any atom is -0.484 e. The lowest BCUT2D eigenvalue weighted by atomic mass is 10.0. The van der Waals surface area contributed by atoms with Gasteiger partial charge in [0.15, 0.2) is 0 Å². The van der Waals surface area contributed by atoms with Gasteiger partial charge in [0.25, 0.3) is 5.69 Å². The number of anilines is 2. The van der Waals surface area contributed by atoms with E-state index in [9.17, 15) is 10.1 Å². The van der Waals surface area contributed by atoms with Crippen molar-refractivity contribution in [1.29, 1.82) is 0 Å². The number of pyridine rings is 1. The van der Waals surface area contributed by atoms with Gasteiger partial charge in [0.2, 0.25) is 0 Å². The highest BCUT2D eigenvalue weighted by Gasteiger charge is 2.33. The molecular formula is C15H15N3O3. The molecule has 0 saturated heterocycles. The second kappa shape index (κ2) is 4.73. The molecule has 3 rings (SSSR count). The maximum absolute atomic E-state index is 11.0. The van der Waals surface area contributed by atoms with Crippen LogP contribution in [0.5, 0.6) is 5.75 Å². The zero-order chi connectivity index (χ0) is 15.0. The normalized spacial score (nSPS) is 16.0. The van der Waals surface area contributed by atoms with E-state index in [0.29, 0.717) is 18.0 Å². The molecule has 1 aromatic heterocycles. The van der Waals surface area contributed by atoms with Gasteiger partial charge >= 0.3 is 0 Å². The van der Waals surface area contributed by atoms with Crippen molar-refractivity contribution in [3.05, 3.63) is 52.8 Å². The van der Waals surface area contributed by atoms with Crippen LogP contribution >= 0.6 is 0 Å². The topological polar surface area (TPSA) is 68.5 Å². The lowest BCUT2D eigenvalue weighted by Crippen LogP contribution is -2.44. The van der Waals surface area contributed by atoms with Gasteiger partial charge in [0.1, 0.15) is 11.4 Å². The number of hydrogen-bond donors (Lipinski definition) is 0. The van der Waals surface area contributed by atoms with Crippen molar-refractivity contribution in [2.24, 2.45) is 0 Å². The number of hydrogen-bond acceptors (Lipinski definition) is 5. The molecular weight excluding hydrogens is 270 g/mol. The van der Waals surface area contributed by atoms with Gasteiger partial charge in [-0.2, -0.15) is 0 Å². The molecule has 2 heterocycles. The summed E-state index contributed by atoms with van der Waals surface area (Å²) >= 11 is 0. The Labute approximate surface area is 122 Å². The number of nitrogens with zero attached hydrogens (tertiary/aromatic N) is 3. The van der Waals surface area contributed by atoms with Gasteiger partial charge in [-0.05, 0) is 32.0 Å². The molecule has 1 aliphatic rings. The fraction of sp³-hybridized carbons (Fsp3) is 0.267. The molecule has 0 amide bonds. The van der Waals surface area contributed by atoms with Crippen molar-refractivity contribution in [3.63, 3.8) is 0 Å². The Hall–Kier alpha value is -2.63. The molecule has 0 aliphatic carbocycles. The molecule has 1 aliphatic heterocycles. The minimum atomic E-state index is -0.398.